The van der Waals surface area contributed by atoms with E-state index < -0.39 is 8.38 Å². The van der Waals surface area contributed by atoms with Crippen molar-refractivity contribution in [1.29, 1.82) is 0 Å². The maximum atomic E-state index is 9.04. The lowest BCUT2D eigenvalue weighted by molar-refractivity contribution is 0.356. The summed E-state index contributed by atoms with van der Waals surface area (Å²) in [5.41, 5.74) is 3.59. The maximum absolute atomic E-state index is 9.04. The van der Waals surface area contributed by atoms with Crippen molar-refractivity contribution in [2.75, 3.05) is 20.4 Å². The number of nitrogens with zero attached hydrogens (tertiary/aromatic N) is 2. The second kappa shape index (κ2) is 7.74. The van der Waals surface area contributed by atoms with Gasteiger partial charge in [-0.05, 0) is 18.1 Å². The van der Waals surface area contributed by atoms with Crippen LogP contribution in [0.3, 0.4) is 0 Å². The largest absolute Gasteiger partial charge is 0.493 e. The Balaban J connectivity index is 2.00. The predicted molar refractivity (Wildman–Crippen MR) is 98.0 cm³/mol. The molecule has 1 heterocycles. The number of ether oxygens (including phenoxy) is 2. The van der Waals surface area contributed by atoms with Crippen LogP contribution in [0.4, 0.5) is 0 Å². The summed E-state index contributed by atoms with van der Waals surface area (Å²) in [6, 6.07) is 11.6. The van der Waals surface area contributed by atoms with E-state index in [-0.39, 0.29) is 0 Å². The average molecular weight is 358 g/mol. The monoisotopic (exact) mass is 358 g/mol. The van der Waals surface area contributed by atoms with Crippen LogP contribution in [0.5, 0.6) is 11.5 Å². The molecule has 0 aliphatic carbocycles. The average Bonchev–Trinajstić information content (AvgIpc) is 2.65. The van der Waals surface area contributed by atoms with Crippen LogP contribution in [0.1, 0.15) is 5.56 Å². The van der Waals surface area contributed by atoms with E-state index in [1.165, 1.54) is 6.33 Å². The lowest BCUT2D eigenvalue weighted by Gasteiger charge is -2.11. The van der Waals surface area contributed by atoms with Crippen molar-refractivity contribution in [1.82, 2.24) is 9.97 Å². The molecule has 1 aromatic heterocycles. The summed E-state index contributed by atoms with van der Waals surface area (Å²) >= 11 is 0. The fourth-order valence-corrected chi connectivity index (χ4v) is 3.13. The molecule has 0 fully saturated rings. The summed E-state index contributed by atoms with van der Waals surface area (Å²) in [7, 11) is 1.33. The van der Waals surface area contributed by atoms with Gasteiger partial charge in [0.1, 0.15) is 6.33 Å². The van der Waals surface area contributed by atoms with Gasteiger partial charge >= 0.3 is 0 Å². The summed E-state index contributed by atoms with van der Waals surface area (Å²) in [6.45, 7) is 0. The highest BCUT2D eigenvalue weighted by Gasteiger charge is 2.12. The van der Waals surface area contributed by atoms with Gasteiger partial charge in [0.25, 0.3) is 0 Å². The Labute approximate surface area is 147 Å². The van der Waals surface area contributed by atoms with Crippen LogP contribution in [0, 0.1) is 0 Å². The van der Waals surface area contributed by atoms with Crippen LogP contribution < -0.4 is 9.47 Å². The third kappa shape index (κ3) is 3.87. The molecule has 0 radical (unpaired) electrons. The number of methoxy groups -OCH3 is 2. The Hall–Kier alpha value is -2.27. The third-order valence-corrected chi connectivity index (χ3v) is 4.59. The van der Waals surface area contributed by atoms with E-state index in [0.29, 0.717) is 24.1 Å². The van der Waals surface area contributed by atoms with Crippen LogP contribution in [0.2, 0.25) is 0 Å². The number of hydrogen-bond acceptors (Lipinski definition) is 6. The first-order valence-corrected chi connectivity index (χ1v) is 9.17. The SMILES string of the molecule is COc1cc2ncnc(-c3ccc(CCP(O)O)cc3)c2cc1OC. The summed E-state index contributed by atoms with van der Waals surface area (Å²) in [5, 5.41) is 0.877. The summed E-state index contributed by atoms with van der Waals surface area (Å²) in [5.74, 6) is 1.25. The molecule has 7 heteroatoms. The van der Waals surface area contributed by atoms with E-state index in [1.54, 1.807) is 14.2 Å². The van der Waals surface area contributed by atoms with E-state index in [0.717, 1.165) is 27.7 Å². The predicted octanol–water partition coefficient (Wildman–Crippen LogP) is 3.15. The second-order valence-corrected chi connectivity index (χ2v) is 6.68. The van der Waals surface area contributed by atoms with Gasteiger partial charge in [0, 0.05) is 23.2 Å². The van der Waals surface area contributed by atoms with Crippen LogP contribution in [-0.4, -0.2) is 40.1 Å². The van der Waals surface area contributed by atoms with Gasteiger partial charge in [-0.25, -0.2) is 9.97 Å². The molecular weight excluding hydrogens is 339 g/mol. The Kier molecular flexibility index (Phi) is 5.43. The summed E-state index contributed by atoms with van der Waals surface area (Å²) in [4.78, 5) is 26.8. The highest BCUT2D eigenvalue weighted by molar-refractivity contribution is 7.45. The molecule has 3 rings (SSSR count). The Morgan fingerprint density at radius 2 is 1.64 bits per heavy atom. The molecule has 0 saturated carbocycles. The Bertz CT molecular complexity index is 869. The molecule has 0 unspecified atom stereocenters. The van der Waals surface area contributed by atoms with Gasteiger partial charge in [0.15, 0.2) is 19.9 Å². The first-order valence-electron chi connectivity index (χ1n) is 7.73. The quantitative estimate of drug-likeness (QED) is 0.659. The molecule has 2 aromatic carbocycles. The number of aromatic nitrogens is 2. The number of rotatable bonds is 6. The van der Waals surface area contributed by atoms with Crippen molar-refractivity contribution >= 4 is 19.3 Å². The van der Waals surface area contributed by atoms with E-state index in [9.17, 15) is 0 Å². The topological polar surface area (TPSA) is 84.7 Å². The van der Waals surface area contributed by atoms with E-state index in [2.05, 4.69) is 9.97 Å². The van der Waals surface area contributed by atoms with Crippen molar-refractivity contribution in [3.63, 3.8) is 0 Å². The zero-order chi connectivity index (χ0) is 17.8. The summed E-state index contributed by atoms with van der Waals surface area (Å²) < 4.78 is 10.7. The minimum Gasteiger partial charge on any atom is -0.493 e. The molecule has 3 aromatic rings. The Morgan fingerprint density at radius 1 is 0.960 bits per heavy atom. The van der Waals surface area contributed by atoms with Gasteiger partial charge in [-0.3, -0.25) is 0 Å². The van der Waals surface area contributed by atoms with Gasteiger partial charge in [0.2, 0.25) is 0 Å². The van der Waals surface area contributed by atoms with Crippen LogP contribution in [0.25, 0.3) is 22.2 Å². The van der Waals surface area contributed by atoms with E-state index in [1.807, 2.05) is 36.4 Å². The van der Waals surface area contributed by atoms with Gasteiger partial charge in [-0.2, -0.15) is 0 Å². The minimum absolute atomic E-state index is 0.377. The third-order valence-electron chi connectivity index (χ3n) is 3.97. The zero-order valence-electron chi connectivity index (χ0n) is 14.0. The van der Waals surface area contributed by atoms with E-state index >= 15 is 0 Å². The molecule has 130 valence electrons. The van der Waals surface area contributed by atoms with Gasteiger partial charge in [0.05, 0.1) is 25.4 Å². The lowest BCUT2D eigenvalue weighted by atomic mass is 10.0. The van der Waals surface area contributed by atoms with Crippen molar-refractivity contribution in [2.45, 2.75) is 6.42 Å². The molecule has 0 atom stereocenters. The lowest BCUT2D eigenvalue weighted by Crippen LogP contribution is -1.95. The molecule has 0 amide bonds. The number of aryl methyl sites for hydroxylation is 1. The van der Waals surface area contributed by atoms with Gasteiger partial charge in [-0.1, -0.05) is 24.3 Å². The molecule has 0 bridgehead atoms. The zero-order valence-corrected chi connectivity index (χ0v) is 14.9. The highest BCUT2D eigenvalue weighted by Crippen LogP contribution is 2.35. The molecule has 0 aliphatic heterocycles. The molecule has 0 saturated heterocycles. The molecule has 6 nitrogen and oxygen atoms in total. The molecule has 2 N–H and O–H groups in total. The van der Waals surface area contributed by atoms with Crippen LogP contribution >= 0.6 is 8.38 Å². The van der Waals surface area contributed by atoms with Crippen molar-refractivity contribution in [3.8, 4) is 22.8 Å². The van der Waals surface area contributed by atoms with Crippen LogP contribution in [-0.2, 0) is 6.42 Å². The molecular formula is C18H19N2O4P. The van der Waals surface area contributed by atoms with E-state index in [4.69, 9.17) is 19.3 Å². The highest BCUT2D eigenvalue weighted by atomic mass is 31.2. The van der Waals surface area contributed by atoms with Crippen molar-refractivity contribution < 1.29 is 19.3 Å². The van der Waals surface area contributed by atoms with Crippen LogP contribution in [0.15, 0.2) is 42.7 Å². The van der Waals surface area contributed by atoms with Crippen molar-refractivity contribution in [3.05, 3.63) is 48.3 Å². The molecule has 25 heavy (non-hydrogen) atoms. The van der Waals surface area contributed by atoms with Gasteiger partial charge in [-0.15, -0.1) is 0 Å². The summed E-state index contributed by atoms with van der Waals surface area (Å²) in [6.07, 6.45) is 2.54. The number of benzene rings is 2. The fourth-order valence-electron chi connectivity index (χ4n) is 2.67. The first-order chi connectivity index (χ1) is 12.1. The Morgan fingerprint density at radius 3 is 2.28 bits per heavy atom. The minimum atomic E-state index is -1.86. The molecule has 0 aliphatic rings. The smallest absolute Gasteiger partial charge is 0.165 e. The second-order valence-electron chi connectivity index (χ2n) is 5.49. The molecule has 0 spiro atoms. The maximum Gasteiger partial charge on any atom is 0.165 e. The standard InChI is InChI=1S/C18H19N2O4P/c1-23-16-9-14-15(10-17(16)24-2)19-11-20-18(14)13-5-3-12(4-6-13)7-8-25(21)22/h3-6,9-11,21-22H,7-8H2,1-2H3. The van der Waals surface area contributed by atoms with Crippen molar-refractivity contribution in [2.24, 2.45) is 0 Å². The number of hydrogen-bond donors (Lipinski definition) is 2. The fraction of sp³-hybridized carbons (Fsp3) is 0.222. The first kappa shape index (κ1) is 17.5. The normalized spacial score (nSPS) is 11.1. The number of fused-ring (bicyclic) bond motifs is 1. The van der Waals surface area contributed by atoms with Gasteiger partial charge < -0.3 is 19.3 Å².